The molecule has 0 amide bonds. The number of rotatable bonds is 6. The second kappa shape index (κ2) is 9.22. The first-order valence-electron chi connectivity index (χ1n) is 9.92. The Morgan fingerprint density at radius 3 is 1.34 bits per heavy atom. The van der Waals surface area contributed by atoms with Crippen molar-refractivity contribution in [2.75, 3.05) is 0 Å². The molecule has 0 fully saturated rings. The lowest BCUT2D eigenvalue weighted by atomic mass is 10.0. The number of furan rings is 2. The number of benzene rings is 2. The van der Waals surface area contributed by atoms with Crippen LogP contribution in [0.3, 0.4) is 0 Å². The van der Waals surface area contributed by atoms with Crippen LogP contribution in [0.25, 0.3) is 11.5 Å². The van der Waals surface area contributed by atoms with Gasteiger partial charge in [0.05, 0.1) is 12.5 Å². The van der Waals surface area contributed by atoms with Gasteiger partial charge in [-0.3, -0.25) is 0 Å². The Hall–Kier alpha value is -4.32. The summed E-state index contributed by atoms with van der Waals surface area (Å²) in [6.45, 7) is 3.75. The molecule has 4 aromatic rings. The van der Waals surface area contributed by atoms with Gasteiger partial charge in [0.25, 0.3) is 0 Å². The molecule has 0 aliphatic rings. The van der Waals surface area contributed by atoms with Crippen LogP contribution in [0.5, 0.6) is 0 Å². The van der Waals surface area contributed by atoms with E-state index in [2.05, 4.69) is 0 Å². The predicted molar refractivity (Wildman–Crippen MR) is 117 cm³/mol. The molecule has 160 valence electrons. The van der Waals surface area contributed by atoms with Gasteiger partial charge in [0.2, 0.25) is 11.5 Å². The van der Waals surface area contributed by atoms with Crippen molar-refractivity contribution in [3.63, 3.8) is 0 Å². The van der Waals surface area contributed by atoms with Gasteiger partial charge in [-0.1, -0.05) is 48.5 Å². The fraction of sp³-hybridized carbons (Fsp3) is 0.0769. The molecule has 0 saturated heterocycles. The van der Waals surface area contributed by atoms with Crippen molar-refractivity contribution >= 4 is 23.5 Å². The summed E-state index contributed by atoms with van der Waals surface area (Å²) in [6.07, 6.45) is 2.76. The number of hydrogen-bond acceptors (Lipinski definition) is 6. The van der Waals surface area contributed by atoms with Gasteiger partial charge in [-0.15, -0.1) is 0 Å². The van der Waals surface area contributed by atoms with Crippen LogP contribution in [-0.2, 0) is 9.47 Å². The first-order valence-corrected chi connectivity index (χ1v) is 9.92. The van der Waals surface area contributed by atoms with E-state index in [1.807, 2.05) is 50.2 Å². The summed E-state index contributed by atoms with van der Waals surface area (Å²) in [5, 5.41) is 0. The van der Waals surface area contributed by atoms with E-state index in [1.165, 1.54) is 24.7 Å². The van der Waals surface area contributed by atoms with Gasteiger partial charge < -0.3 is 18.3 Å². The minimum Gasteiger partial charge on any atom is -0.457 e. The second-order valence-electron chi connectivity index (χ2n) is 7.02. The first-order chi connectivity index (χ1) is 15.5. The minimum absolute atomic E-state index is 0.0255. The fourth-order valence-corrected chi connectivity index (χ4v) is 3.18. The lowest BCUT2D eigenvalue weighted by Gasteiger charge is -2.18. The van der Waals surface area contributed by atoms with E-state index in [1.54, 1.807) is 24.3 Å². The van der Waals surface area contributed by atoms with Crippen molar-refractivity contribution in [1.29, 1.82) is 0 Å². The molecule has 0 bridgehead atoms. The average Bonchev–Trinajstić information content (AvgIpc) is 3.52. The van der Waals surface area contributed by atoms with Crippen molar-refractivity contribution in [1.82, 2.24) is 0 Å². The maximum absolute atomic E-state index is 12.8. The molecule has 0 aliphatic carbocycles. The number of esters is 2. The number of carbonyl (C=O) groups excluding carboxylic acids is 2. The number of carbonyl (C=O) groups is 2. The van der Waals surface area contributed by atoms with Crippen LogP contribution >= 0.6 is 0 Å². The minimum atomic E-state index is -0.714. The summed E-state index contributed by atoms with van der Waals surface area (Å²) in [5.74, 6) is -1.19. The fourth-order valence-electron chi connectivity index (χ4n) is 3.18. The summed E-state index contributed by atoms with van der Waals surface area (Å²) in [4.78, 5) is 25.7. The Bertz CT molecular complexity index is 1160. The molecule has 2 heterocycles. The predicted octanol–water partition coefficient (Wildman–Crippen LogP) is 6.03. The average molecular weight is 428 g/mol. The largest absolute Gasteiger partial charge is 0.457 e. The highest BCUT2D eigenvalue weighted by Gasteiger charge is 2.26. The topological polar surface area (TPSA) is 78.9 Å². The van der Waals surface area contributed by atoms with Gasteiger partial charge >= 0.3 is 11.9 Å². The molecule has 0 N–H and O–H groups in total. The van der Waals surface area contributed by atoms with Crippen LogP contribution in [0, 0.1) is 13.8 Å². The molecule has 6 heteroatoms. The highest BCUT2D eigenvalue weighted by molar-refractivity contribution is 5.99. The van der Waals surface area contributed by atoms with E-state index in [0.29, 0.717) is 11.1 Å². The van der Waals surface area contributed by atoms with Gasteiger partial charge in [0.15, 0.2) is 11.5 Å². The van der Waals surface area contributed by atoms with Crippen LogP contribution in [0.1, 0.15) is 43.4 Å². The maximum atomic E-state index is 12.8. The van der Waals surface area contributed by atoms with Crippen LogP contribution in [0.4, 0.5) is 0 Å². The molecule has 0 radical (unpaired) electrons. The molecule has 0 spiro atoms. The molecule has 6 nitrogen and oxygen atoms in total. The molecule has 4 rings (SSSR count). The summed E-state index contributed by atoms with van der Waals surface area (Å²) < 4.78 is 22.0. The van der Waals surface area contributed by atoms with Gasteiger partial charge in [-0.2, -0.15) is 0 Å². The second-order valence-corrected chi connectivity index (χ2v) is 7.02. The zero-order valence-electron chi connectivity index (χ0n) is 17.5. The van der Waals surface area contributed by atoms with Crippen molar-refractivity contribution in [3.8, 4) is 0 Å². The smallest absolute Gasteiger partial charge is 0.379 e. The maximum Gasteiger partial charge on any atom is 0.379 e. The normalized spacial score (nSPS) is 11.6. The van der Waals surface area contributed by atoms with E-state index in [0.717, 1.165) is 11.1 Å². The standard InChI is InChI=1S/C26H20O6/c1-17-9-3-5-11-19(17)23(31-25(27)21-13-7-15-29-21)24(20-12-6-4-10-18(20)2)32-26(28)22-14-8-16-30-22/h3-16H,1-2H3/b24-23+. The Balaban J connectivity index is 1.91. The van der Waals surface area contributed by atoms with Crippen LogP contribution in [0.15, 0.2) is 94.2 Å². The summed E-state index contributed by atoms with van der Waals surface area (Å²) in [7, 11) is 0. The van der Waals surface area contributed by atoms with E-state index >= 15 is 0 Å². The van der Waals surface area contributed by atoms with Crippen LogP contribution in [0.2, 0.25) is 0 Å². The SMILES string of the molecule is Cc1ccccc1/C(OC(=O)c1ccco1)=C(\OC(=O)c1ccco1)c1ccccc1C. The van der Waals surface area contributed by atoms with E-state index in [-0.39, 0.29) is 23.0 Å². The molecule has 2 aromatic heterocycles. The molecule has 0 saturated carbocycles. The van der Waals surface area contributed by atoms with Gasteiger partial charge in [0, 0.05) is 11.1 Å². The third kappa shape index (κ3) is 4.39. The van der Waals surface area contributed by atoms with Crippen molar-refractivity contribution in [2.24, 2.45) is 0 Å². The number of aryl methyl sites for hydroxylation is 2. The quantitative estimate of drug-likeness (QED) is 0.212. The molecule has 0 aliphatic heterocycles. The molecular weight excluding hydrogens is 408 g/mol. The monoisotopic (exact) mass is 428 g/mol. The van der Waals surface area contributed by atoms with Crippen LogP contribution < -0.4 is 0 Å². The molecule has 32 heavy (non-hydrogen) atoms. The summed E-state index contributed by atoms with van der Waals surface area (Å²) >= 11 is 0. The van der Waals surface area contributed by atoms with E-state index in [9.17, 15) is 9.59 Å². The lowest BCUT2D eigenvalue weighted by molar-refractivity contribution is 0.0612. The van der Waals surface area contributed by atoms with Crippen molar-refractivity contribution < 1.29 is 27.9 Å². The van der Waals surface area contributed by atoms with Gasteiger partial charge in [-0.05, 0) is 49.2 Å². The van der Waals surface area contributed by atoms with Crippen molar-refractivity contribution in [3.05, 3.63) is 119 Å². The highest BCUT2D eigenvalue weighted by atomic mass is 16.6. The third-order valence-electron chi connectivity index (χ3n) is 4.82. The van der Waals surface area contributed by atoms with Gasteiger partial charge in [0.1, 0.15) is 0 Å². The zero-order valence-corrected chi connectivity index (χ0v) is 17.5. The third-order valence-corrected chi connectivity index (χ3v) is 4.82. The highest BCUT2D eigenvalue weighted by Crippen LogP contribution is 2.33. The summed E-state index contributed by atoms with van der Waals surface area (Å²) in [6, 6.07) is 20.9. The van der Waals surface area contributed by atoms with Gasteiger partial charge in [-0.25, -0.2) is 9.59 Å². The summed E-state index contributed by atoms with van der Waals surface area (Å²) in [5.41, 5.74) is 2.85. The Morgan fingerprint density at radius 2 is 1.00 bits per heavy atom. The lowest BCUT2D eigenvalue weighted by Crippen LogP contribution is -2.11. The van der Waals surface area contributed by atoms with E-state index < -0.39 is 11.9 Å². The molecule has 0 atom stereocenters. The number of ether oxygens (including phenoxy) is 2. The Kier molecular flexibility index (Phi) is 6.03. The molecule has 0 unspecified atom stereocenters. The van der Waals surface area contributed by atoms with E-state index in [4.69, 9.17) is 18.3 Å². The molecular formula is C26H20O6. The molecule has 2 aromatic carbocycles. The van der Waals surface area contributed by atoms with Crippen molar-refractivity contribution in [2.45, 2.75) is 13.8 Å². The van der Waals surface area contributed by atoms with Crippen LogP contribution in [-0.4, -0.2) is 11.9 Å². The Labute approximate surface area is 184 Å². The first kappa shape index (κ1) is 20.9. The zero-order chi connectivity index (χ0) is 22.5. The number of hydrogen-bond donors (Lipinski definition) is 0. The Morgan fingerprint density at radius 1 is 0.594 bits per heavy atom.